The molecule has 0 unspecified atom stereocenters. The number of anilines is 1. The van der Waals surface area contributed by atoms with Crippen LogP contribution in [0.5, 0.6) is 0 Å². The summed E-state index contributed by atoms with van der Waals surface area (Å²) in [4.78, 5) is 6.48. The van der Waals surface area contributed by atoms with Crippen LogP contribution < -0.4 is 4.90 Å². The first kappa shape index (κ1) is 13.0. The van der Waals surface area contributed by atoms with Gasteiger partial charge in [-0.25, -0.2) is 0 Å². The molecular weight excluding hydrogens is 200 g/mol. The van der Waals surface area contributed by atoms with Crippen molar-refractivity contribution < 1.29 is 4.74 Å². The van der Waals surface area contributed by atoms with Crippen LogP contribution in [-0.2, 0) is 4.74 Å². The molecule has 1 rings (SSSR count). The number of rotatable bonds is 3. The highest BCUT2D eigenvalue weighted by molar-refractivity contribution is 5.45. The van der Waals surface area contributed by atoms with Crippen LogP contribution >= 0.6 is 0 Å². The van der Waals surface area contributed by atoms with Gasteiger partial charge < -0.3 is 9.64 Å². The summed E-state index contributed by atoms with van der Waals surface area (Å²) in [7, 11) is 5.79. The monoisotopic (exact) mass is 222 g/mol. The third-order valence-electron chi connectivity index (χ3n) is 2.57. The van der Waals surface area contributed by atoms with E-state index in [9.17, 15) is 0 Å². The highest BCUT2D eigenvalue weighted by Gasteiger charge is 2.27. The molecule has 0 spiro atoms. The highest BCUT2D eigenvalue weighted by atomic mass is 16.5. The van der Waals surface area contributed by atoms with E-state index >= 15 is 0 Å². The number of pyridine rings is 1. The summed E-state index contributed by atoms with van der Waals surface area (Å²) in [6.07, 6.45) is 1.86. The molecule has 1 aromatic heterocycles. The average Bonchev–Trinajstić information content (AvgIpc) is 2.17. The minimum atomic E-state index is 0.0207. The van der Waals surface area contributed by atoms with Gasteiger partial charge in [0.25, 0.3) is 0 Å². The Hall–Kier alpha value is -1.09. The standard InChI is InChI=1S/C13H22N2O/c1-13(2,3)12(16-6)11-9-10(15(4)5)7-8-14-11/h7-9,12H,1-6H3/t12-/m0/s1. The fraction of sp³-hybridized carbons (Fsp3) is 0.615. The van der Waals surface area contributed by atoms with E-state index in [1.54, 1.807) is 7.11 Å². The van der Waals surface area contributed by atoms with Gasteiger partial charge in [0, 0.05) is 33.1 Å². The van der Waals surface area contributed by atoms with Crippen molar-refractivity contribution in [3.8, 4) is 0 Å². The first-order chi connectivity index (χ1) is 7.36. The van der Waals surface area contributed by atoms with Crippen LogP contribution in [0.2, 0.25) is 0 Å². The molecule has 3 nitrogen and oxygen atoms in total. The first-order valence-electron chi connectivity index (χ1n) is 5.52. The molecule has 0 amide bonds. The van der Waals surface area contributed by atoms with Crippen molar-refractivity contribution in [3.63, 3.8) is 0 Å². The maximum absolute atomic E-state index is 5.55. The molecule has 0 saturated heterocycles. The van der Waals surface area contributed by atoms with Crippen LogP contribution in [0.1, 0.15) is 32.6 Å². The van der Waals surface area contributed by atoms with Crippen LogP contribution in [0.15, 0.2) is 18.3 Å². The molecule has 16 heavy (non-hydrogen) atoms. The van der Waals surface area contributed by atoms with Crippen LogP contribution in [0.25, 0.3) is 0 Å². The number of methoxy groups -OCH3 is 1. The average molecular weight is 222 g/mol. The Bertz CT molecular complexity index is 342. The van der Waals surface area contributed by atoms with Gasteiger partial charge in [0.15, 0.2) is 0 Å². The van der Waals surface area contributed by atoms with Crippen molar-refractivity contribution in [1.82, 2.24) is 4.98 Å². The predicted octanol–water partition coefficient (Wildman–Crippen LogP) is 2.88. The molecule has 1 heterocycles. The topological polar surface area (TPSA) is 25.4 Å². The summed E-state index contributed by atoms with van der Waals surface area (Å²) in [5.74, 6) is 0. The molecule has 1 aromatic rings. The van der Waals surface area contributed by atoms with E-state index in [1.165, 1.54) is 0 Å². The van der Waals surface area contributed by atoms with Crippen molar-refractivity contribution in [2.75, 3.05) is 26.1 Å². The molecule has 0 N–H and O–H groups in total. The molecule has 0 saturated carbocycles. The summed E-state index contributed by atoms with van der Waals surface area (Å²) in [6.45, 7) is 6.47. The highest BCUT2D eigenvalue weighted by Crippen LogP contribution is 2.35. The zero-order valence-corrected chi connectivity index (χ0v) is 11.1. The smallest absolute Gasteiger partial charge is 0.104 e. The Morgan fingerprint density at radius 1 is 1.31 bits per heavy atom. The third kappa shape index (κ3) is 2.95. The molecular formula is C13H22N2O. The second-order valence-electron chi connectivity index (χ2n) is 5.32. The van der Waals surface area contributed by atoms with Crippen LogP contribution in [-0.4, -0.2) is 26.2 Å². The largest absolute Gasteiger partial charge is 0.378 e. The van der Waals surface area contributed by atoms with Gasteiger partial charge in [0.05, 0.1) is 5.69 Å². The lowest BCUT2D eigenvalue weighted by atomic mass is 9.86. The molecule has 0 radical (unpaired) electrons. The summed E-state index contributed by atoms with van der Waals surface area (Å²) >= 11 is 0. The van der Waals surface area contributed by atoms with Crippen molar-refractivity contribution >= 4 is 5.69 Å². The molecule has 0 aromatic carbocycles. The van der Waals surface area contributed by atoms with Gasteiger partial charge in [0.2, 0.25) is 0 Å². The summed E-state index contributed by atoms with van der Waals surface area (Å²) in [6, 6.07) is 4.08. The van der Waals surface area contributed by atoms with E-state index in [-0.39, 0.29) is 11.5 Å². The van der Waals surface area contributed by atoms with Crippen molar-refractivity contribution in [2.45, 2.75) is 26.9 Å². The van der Waals surface area contributed by atoms with E-state index in [2.05, 4.69) is 36.7 Å². The van der Waals surface area contributed by atoms with Gasteiger partial charge in [-0.3, -0.25) is 4.98 Å². The zero-order valence-electron chi connectivity index (χ0n) is 11.1. The van der Waals surface area contributed by atoms with Crippen molar-refractivity contribution in [2.24, 2.45) is 5.41 Å². The normalized spacial score (nSPS) is 13.6. The van der Waals surface area contributed by atoms with Crippen LogP contribution in [0.3, 0.4) is 0 Å². The minimum Gasteiger partial charge on any atom is -0.378 e. The Balaban J connectivity index is 3.07. The van der Waals surface area contributed by atoms with E-state index in [0.29, 0.717) is 0 Å². The summed E-state index contributed by atoms with van der Waals surface area (Å²) in [5, 5.41) is 0. The molecule has 0 fully saturated rings. The fourth-order valence-corrected chi connectivity index (χ4v) is 1.78. The molecule has 0 aliphatic heterocycles. The number of nitrogens with zero attached hydrogens (tertiary/aromatic N) is 2. The Labute approximate surface area is 98.4 Å². The maximum atomic E-state index is 5.55. The number of hydrogen-bond donors (Lipinski definition) is 0. The van der Waals surface area contributed by atoms with E-state index in [0.717, 1.165) is 11.4 Å². The fourth-order valence-electron chi connectivity index (χ4n) is 1.78. The van der Waals surface area contributed by atoms with Crippen LogP contribution in [0.4, 0.5) is 5.69 Å². The van der Waals surface area contributed by atoms with E-state index in [4.69, 9.17) is 4.74 Å². The second-order valence-corrected chi connectivity index (χ2v) is 5.32. The number of hydrogen-bond acceptors (Lipinski definition) is 3. The zero-order chi connectivity index (χ0) is 12.3. The van der Waals surface area contributed by atoms with E-state index in [1.807, 2.05) is 26.4 Å². The summed E-state index contributed by atoms with van der Waals surface area (Å²) < 4.78 is 5.55. The van der Waals surface area contributed by atoms with E-state index < -0.39 is 0 Å². The molecule has 0 aliphatic rings. The number of ether oxygens (including phenoxy) is 1. The molecule has 90 valence electrons. The Morgan fingerprint density at radius 2 is 1.94 bits per heavy atom. The quantitative estimate of drug-likeness (QED) is 0.786. The van der Waals surface area contributed by atoms with Gasteiger partial charge in [-0.05, 0) is 17.5 Å². The maximum Gasteiger partial charge on any atom is 0.104 e. The van der Waals surface area contributed by atoms with Crippen molar-refractivity contribution in [3.05, 3.63) is 24.0 Å². The lowest BCUT2D eigenvalue weighted by molar-refractivity contribution is 0.0121. The Morgan fingerprint density at radius 3 is 2.38 bits per heavy atom. The predicted molar refractivity (Wildman–Crippen MR) is 67.8 cm³/mol. The molecule has 0 bridgehead atoms. The van der Waals surface area contributed by atoms with Gasteiger partial charge >= 0.3 is 0 Å². The number of aromatic nitrogens is 1. The molecule has 1 atom stereocenters. The molecule has 3 heteroatoms. The minimum absolute atomic E-state index is 0.0207. The van der Waals surface area contributed by atoms with Gasteiger partial charge in [-0.15, -0.1) is 0 Å². The Kier molecular flexibility index (Phi) is 3.92. The molecule has 0 aliphatic carbocycles. The third-order valence-corrected chi connectivity index (χ3v) is 2.57. The van der Waals surface area contributed by atoms with Crippen molar-refractivity contribution in [1.29, 1.82) is 0 Å². The lowest BCUT2D eigenvalue weighted by Gasteiger charge is -2.29. The SMILES string of the molecule is CO[C@@H](c1cc(N(C)C)ccn1)C(C)(C)C. The first-order valence-corrected chi connectivity index (χ1v) is 5.52. The summed E-state index contributed by atoms with van der Waals surface area (Å²) in [5.41, 5.74) is 2.18. The second kappa shape index (κ2) is 4.83. The van der Waals surface area contributed by atoms with Gasteiger partial charge in [0.1, 0.15) is 6.10 Å². The van der Waals surface area contributed by atoms with Crippen LogP contribution in [0, 0.1) is 5.41 Å². The lowest BCUT2D eigenvalue weighted by Crippen LogP contribution is -2.21. The van der Waals surface area contributed by atoms with Gasteiger partial charge in [-0.2, -0.15) is 0 Å². The van der Waals surface area contributed by atoms with Gasteiger partial charge in [-0.1, -0.05) is 20.8 Å².